The summed E-state index contributed by atoms with van der Waals surface area (Å²) in [5.41, 5.74) is -1.94. The molecule has 7 atom stereocenters. The van der Waals surface area contributed by atoms with Gasteiger partial charge in [0.15, 0.2) is 11.6 Å². The molecule has 3 saturated carbocycles. The Balaban J connectivity index is 1.79. The average molecular weight is 372 g/mol. The molecular formula is C22H28O5. The number of rotatable bonds is 2. The largest absolute Gasteiger partial charge is 0.388 e. The molecule has 4 aliphatic carbocycles. The van der Waals surface area contributed by atoms with E-state index in [0.29, 0.717) is 6.42 Å². The zero-order chi connectivity index (χ0) is 19.8. The maximum absolute atomic E-state index is 13.4. The van der Waals surface area contributed by atoms with Crippen LogP contribution in [-0.4, -0.2) is 39.8 Å². The quantitative estimate of drug-likeness (QED) is 0.774. The van der Waals surface area contributed by atoms with Gasteiger partial charge in [0.1, 0.15) is 18.0 Å². The second kappa shape index (κ2) is 5.71. The molecule has 0 heterocycles. The lowest BCUT2D eigenvalue weighted by molar-refractivity contribution is -0.173. The van der Waals surface area contributed by atoms with Crippen LogP contribution in [-0.2, 0) is 14.4 Å². The second-order valence-electron chi connectivity index (χ2n) is 9.52. The lowest BCUT2D eigenvalue weighted by atomic mass is 9.46. The molecule has 0 saturated heterocycles. The summed E-state index contributed by atoms with van der Waals surface area (Å²) in [5.74, 6) is -0.947. The van der Waals surface area contributed by atoms with Crippen molar-refractivity contribution >= 4 is 17.3 Å². The van der Waals surface area contributed by atoms with Crippen LogP contribution in [0, 0.1) is 34.5 Å². The first-order chi connectivity index (χ1) is 12.6. The fraction of sp³-hybridized carbons (Fsp3) is 0.682. The van der Waals surface area contributed by atoms with Gasteiger partial charge in [0.05, 0.1) is 0 Å². The van der Waals surface area contributed by atoms with Crippen LogP contribution in [0.3, 0.4) is 0 Å². The van der Waals surface area contributed by atoms with E-state index >= 15 is 0 Å². The van der Waals surface area contributed by atoms with E-state index in [0.717, 1.165) is 18.4 Å². The molecule has 0 aliphatic heterocycles. The zero-order valence-corrected chi connectivity index (χ0v) is 16.2. The smallest absolute Gasteiger partial charge is 0.190 e. The standard InChI is InChI=1S/C22H28O5/c1-12-8-16-15-5-4-13-9-14(24)6-7-20(13,2)19(15)17(25)10-21(16,3)22(12,27)18(26)11-23/h6-7,9,12,15-16,19,23,27H,4-5,8,10-11H2,1-3H3/t12-,15-,16+,19+,20+,21-,22-/m0/s1. The predicted molar refractivity (Wildman–Crippen MR) is 98.6 cm³/mol. The Kier molecular flexibility index (Phi) is 3.97. The number of hydrogen-bond acceptors (Lipinski definition) is 5. The van der Waals surface area contributed by atoms with Crippen LogP contribution in [0.4, 0.5) is 0 Å². The number of fused-ring (bicyclic) bond motifs is 5. The van der Waals surface area contributed by atoms with E-state index in [1.807, 2.05) is 26.8 Å². The Morgan fingerprint density at radius 2 is 2.00 bits per heavy atom. The molecule has 5 nitrogen and oxygen atoms in total. The maximum atomic E-state index is 13.4. The average Bonchev–Trinajstić information content (AvgIpc) is 2.82. The summed E-state index contributed by atoms with van der Waals surface area (Å²) in [6.45, 7) is 5.05. The van der Waals surface area contributed by atoms with Crippen LogP contribution in [0.15, 0.2) is 23.8 Å². The van der Waals surface area contributed by atoms with Gasteiger partial charge in [0, 0.05) is 23.2 Å². The Hall–Kier alpha value is -1.59. The van der Waals surface area contributed by atoms with Crippen molar-refractivity contribution in [2.75, 3.05) is 6.61 Å². The number of ketones is 3. The van der Waals surface area contributed by atoms with Crippen molar-refractivity contribution in [1.29, 1.82) is 0 Å². The fourth-order valence-electron chi connectivity index (χ4n) is 7.08. The van der Waals surface area contributed by atoms with Crippen molar-refractivity contribution in [2.24, 2.45) is 34.5 Å². The van der Waals surface area contributed by atoms with Crippen LogP contribution >= 0.6 is 0 Å². The van der Waals surface area contributed by atoms with Gasteiger partial charge in [0.25, 0.3) is 0 Å². The summed E-state index contributed by atoms with van der Waals surface area (Å²) < 4.78 is 0. The lowest BCUT2D eigenvalue weighted by Crippen LogP contribution is -2.61. The molecule has 2 N–H and O–H groups in total. The summed E-state index contributed by atoms with van der Waals surface area (Å²) in [4.78, 5) is 37.8. The van der Waals surface area contributed by atoms with Crippen molar-refractivity contribution in [3.63, 3.8) is 0 Å². The highest BCUT2D eigenvalue weighted by molar-refractivity contribution is 6.02. The first-order valence-corrected chi connectivity index (χ1v) is 9.93. The minimum atomic E-state index is -1.66. The Labute approximate surface area is 159 Å². The van der Waals surface area contributed by atoms with E-state index in [1.54, 1.807) is 12.2 Å². The van der Waals surface area contributed by atoms with Gasteiger partial charge in [-0.1, -0.05) is 32.4 Å². The van der Waals surface area contributed by atoms with Crippen molar-refractivity contribution < 1.29 is 24.6 Å². The molecule has 4 aliphatic rings. The number of carbonyl (C=O) groups is 3. The molecule has 0 spiro atoms. The Morgan fingerprint density at radius 1 is 1.30 bits per heavy atom. The summed E-state index contributed by atoms with van der Waals surface area (Å²) in [6.07, 6.45) is 7.49. The van der Waals surface area contributed by atoms with E-state index in [2.05, 4.69) is 0 Å². The van der Waals surface area contributed by atoms with Crippen molar-refractivity contribution in [1.82, 2.24) is 0 Å². The van der Waals surface area contributed by atoms with E-state index in [9.17, 15) is 24.6 Å². The monoisotopic (exact) mass is 372 g/mol. The third kappa shape index (κ3) is 2.16. The highest BCUT2D eigenvalue weighted by Crippen LogP contribution is 2.67. The normalized spacial score (nSPS) is 48.6. The number of Topliss-reactive ketones (excluding diaryl/α,β-unsaturated/α-hetero) is 2. The number of aliphatic hydroxyl groups is 2. The topological polar surface area (TPSA) is 91.7 Å². The number of allylic oxidation sites excluding steroid dienone is 4. The maximum Gasteiger partial charge on any atom is 0.190 e. The molecule has 0 aromatic rings. The van der Waals surface area contributed by atoms with Gasteiger partial charge < -0.3 is 10.2 Å². The molecule has 0 radical (unpaired) electrons. The van der Waals surface area contributed by atoms with E-state index in [4.69, 9.17) is 0 Å². The highest BCUT2D eigenvalue weighted by Gasteiger charge is 2.70. The summed E-state index contributed by atoms with van der Waals surface area (Å²) in [6, 6.07) is 0. The van der Waals surface area contributed by atoms with E-state index < -0.39 is 28.8 Å². The molecule has 5 heteroatoms. The SMILES string of the molecule is C[C@H]1C[C@@H]2[C@@H]3CCC4=CC(=O)C=C[C@@]4(C)[C@H]3C(=O)C[C@]2(C)[C@@]1(O)C(=O)CO. The molecule has 3 fully saturated rings. The molecule has 146 valence electrons. The predicted octanol–water partition coefficient (Wildman–Crippen LogP) is 2.01. The van der Waals surface area contributed by atoms with Gasteiger partial charge in [-0.2, -0.15) is 0 Å². The van der Waals surface area contributed by atoms with Gasteiger partial charge in [-0.15, -0.1) is 0 Å². The van der Waals surface area contributed by atoms with Gasteiger partial charge >= 0.3 is 0 Å². The molecule has 0 aromatic heterocycles. The van der Waals surface area contributed by atoms with E-state index in [1.165, 1.54) is 0 Å². The molecule has 27 heavy (non-hydrogen) atoms. The zero-order valence-electron chi connectivity index (χ0n) is 16.2. The third-order valence-corrected chi connectivity index (χ3v) is 8.41. The molecule has 0 bridgehead atoms. The minimum Gasteiger partial charge on any atom is -0.388 e. The van der Waals surface area contributed by atoms with Gasteiger partial charge in [-0.05, 0) is 49.2 Å². The Morgan fingerprint density at radius 3 is 2.67 bits per heavy atom. The fourth-order valence-corrected chi connectivity index (χ4v) is 7.08. The van der Waals surface area contributed by atoms with Gasteiger partial charge in [0.2, 0.25) is 0 Å². The van der Waals surface area contributed by atoms with Crippen LogP contribution in [0.25, 0.3) is 0 Å². The van der Waals surface area contributed by atoms with Crippen LogP contribution in [0.2, 0.25) is 0 Å². The molecule has 0 amide bonds. The molecule has 0 unspecified atom stereocenters. The molecule has 0 aromatic carbocycles. The van der Waals surface area contributed by atoms with Gasteiger partial charge in [-0.25, -0.2) is 0 Å². The molecular weight excluding hydrogens is 344 g/mol. The van der Waals surface area contributed by atoms with Crippen LogP contribution < -0.4 is 0 Å². The van der Waals surface area contributed by atoms with Crippen molar-refractivity contribution in [3.05, 3.63) is 23.8 Å². The van der Waals surface area contributed by atoms with Crippen molar-refractivity contribution in [2.45, 2.75) is 52.1 Å². The minimum absolute atomic E-state index is 0.0218. The third-order valence-electron chi connectivity index (χ3n) is 8.41. The Bertz CT molecular complexity index is 795. The van der Waals surface area contributed by atoms with Gasteiger partial charge in [-0.3, -0.25) is 14.4 Å². The first kappa shape index (κ1) is 18.8. The number of carbonyl (C=O) groups excluding carboxylic acids is 3. The lowest BCUT2D eigenvalue weighted by Gasteiger charge is -2.56. The summed E-state index contributed by atoms with van der Waals surface area (Å²) >= 11 is 0. The van der Waals surface area contributed by atoms with Crippen molar-refractivity contribution in [3.8, 4) is 0 Å². The van der Waals surface area contributed by atoms with E-state index in [-0.39, 0.29) is 41.7 Å². The van der Waals surface area contributed by atoms with Crippen LogP contribution in [0.1, 0.15) is 46.5 Å². The van der Waals surface area contributed by atoms with Crippen LogP contribution in [0.5, 0.6) is 0 Å². The second-order valence-corrected chi connectivity index (χ2v) is 9.52. The summed E-state index contributed by atoms with van der Waals surface area (Å²) in [7, 11) is 0. The number of hydrogen-bond donors (Lipinski definition) is 2. The number of aliphatic hydroxyl groups excluding tert-OH is 1. The first-order valence-electron chi connectivity index (χ1n) is 9.93. The molecule has 4 rings (SSSR count). The summed E-state index contributed by atoms with van der Waals surface area (Å²) in [5, 5.41) is 20.8. The highest BCUT2D eigenvalue weighted by atomic mass is 16.3.